The van der Waals surface area contributed by atoms with Crippen LogP contribution < -0.4 is 0 Å². The first kappa shape index (κ1) is 14.1. The minimum atomic E-state index is 0.0994. The van der Waals surface area contributed by atoms with Gasteiger partial charge in [0.25, 0.3) is 0 Å². The Morgan fingerprint density at radius 1 is 1.00 bits per heavy atom. The van der Waals surface area contributed by atoms with Crippen LogP contribution in [0.5, 0.6) is 0 Å². The molecule has 2 rings (SSSR count). The Labute approximate surface area is 119 Å². The van der Waals surface area contributed by atoms with E-state index in [1.807, 2.05) is 12.1 Å². The van der Waals surface area contributed by atoms with Gasteiger partial charge in [-0.3, -0.25) is 0 Å². The van der Waals surface area contributed by atoms with Gasteiger partial charge >= 0.3 is 0 Å². The quantitative estimate of drug-likeness (QED) is 0.903. The zero-order valence-corrected chi connectivity index (χ0v) is 12.2. The molecule has 100 valence electrons. The monoisotopic (exact) mass is 273 g/mol. The van der Waals surface area contributed by atoms with Gasteiger partial charge in [-0.1, -0.05) is 42.1 Å². The van der Waals surface area contributed by atoms with Crippen molar-refractivity contribution in [3.8, 4) is 0 Å². The molecule has 0 spiro atoms. The molecule has 2 nitrogen and oxygen atoms in total. The van der Waals surface area contributed by atoms with E-state index in [4.69, 9.17) is 5.11 Å². The molecule has 0 radical (unpaired) electrons. The lowest BCUT2D eigenvalue weighted by Crippen LogP contribution is -2.11. The lowest BCUT2D eigenvalue weighted by Gasteiger charge is -2.13. The van der Waals surface area contributed by atoms with E-state index in [0.717, 1.165) is 12.1 Å². The van der Waals surface area contributed by atoms with Crippen LogP contribution in [0.3, 0.4) is 0 Å². The van der Waals surface area contributed by atoms with E-state index < -0.39 is 0 Å². The summed E-state index contributed by atoms with van der Waals surface area (Å²) in [6.45, 7) is 1.04. The molecule has 0 bridgehead atoms. The number of aliphatic hydroxyl groups excluding tert-OH is 1. The summed E-state index contributed by atoms with van der Waals surface area (Å²) in [4.78, 5) is 4.66. The van der Waals surface area contributed by atoms with Crippen molar-refractivity contribution >= 4 is 11.8 Å². The highest BCUT2D eigenvalue weighted by molar-refractivity contribution is 7.99. The average molecular weight is 273 g/mol. The Bertz CT molecular complexity index is 523. The lowest BCUT2D eigenvalue weighted by atomic mass is 10.2. The van der Waals surface area contributed by atoms with Crippen molar-refractivity contribution in [1.82, 2.24) is 4.90 Å². The summed E-state index contributed by atoms with van der Waals surface area (Å²) in [5, 5.41) is 9.05. The van der Waals surface area contributed by atoms with Gasteiger partial charge in [0, 0.05) is 16.3 Å². The highest BCUT2D eigenvalue weighted by atomic mass is 32.2. The van der Waals surface area contributed by atoms with E-state index in [-0.39, 0.29) is 6.61 Å². The van der Waals surface area contributed by atoms with Crippen molar-refractivity contribution < 1.29 is 5.11 Å². The summed E-state index contributed by atoms with van der Waals surface area (Å²) in [6, 6.07) is 16.5. The molecule has 1 N–H and O–H groups in total. The van der Waals surface area contributed by atoms with Crippen molar-refractivity contribution in [2.24, 2.45) is 0 Å². The Kier molecular flexibility index (Phi) is 5.02. The molecular formula is C16H19NOS. The normalized spacial score (nSPS) is 10.9. The molecule has 19 heavy (non-hydrogen) atoms. The molecule has 0 heterocycles. The van der Waals surface area contributed by atoms with Crippen LogP contribution >= 0.6 is 11.8 Å². The van der Waals surface area contributed by atoms with Crippen LogP contribution in [0.1, 0.15) is 11.1 Å². The maximum absolute atomic E-state index is 9.05. The predicted octanol–water partition coefficient (Wildman–Crippen LogP) is 3.39. The second-order valence-corrected chi connectivity index (χ2v) is 5.86. The summed E-state index contributed by atoms with van der Waals surface area (Å²) >= 11 is 1.77. The fourth-order valence-corrected chi connectivity index (χ4v) is 2.80. The van der Waals surface area contributed by atoms with Gasteiger partial charge in [0.05, 0.1) is 6.61 Å². The van der Waals surface area contributed by atoms with E-state index in [1.54, 1.807) is 11.8 Å². The summed E-state index contributed by atoms with van der Waals surface area (Å²) < 4.78 is 0. The zero-order valence-electron chi connectivity index (χ0n) is 11.3. The lowest BCUT2D eigenvalue weighted by molar-refractivity contribution is 0.282. The van der Waals surface area contributed by atoms with Crippen molar-refractivity contribution in [2.75, 3.05) is 14.1 Å². The first-order valence-corrected chi connectivity index (χ1v) is 7.11. The third kappa shape index (κ3) is 4.10. The Balaban J connectivity index is 2.17. The second kappa shape index (κ2) is 6.75. The molecule has 0 amide bonds. The smallest absolute Gasteiger partial charge is 0.0681 e. The van der Waals surface area contributed by atoms with Crippen molar-refractivity contribution in [2.45, 2.75) is 22.9 Å². The summed E-state index contributed by atoms with van der Waals surface area (Å²) in [5.41, 5.74) is 2.29. The standard InChI is InChI=1S/C16H19NOS/c1-17(2)11-14-5-3-4-6-16(14)19-15-9-7-13(12-18)8-10-15/h3-10,18H,11-12H2,1-2H3. The highest BCUT2D eigenvalue weighted by Gasteiger charge is 2.05. The van der Waals surface area contributed by atoms with Gasteiger partial charge in [0.1, 0.15) is 0 Å². The van der Waals surface area contributed by atoms with Gasteiger partial charge in [0.2, 0.25) is 0 Å². The number of aliphatic hydroxyl groups is 1. The molecule has 2 aromatic carbocycles. The van der Waals surface area contributed by atoms with Gasteiger partial charge in [-0.05, 0) is 43.4 Å². The minimum Gasteiger partial charge on any atom is -0.392 e. The highest BCUT2D eigenvalue weighted by Crippen LogP contribution is 2.31. The molecule has 0 atom stereocenters. The number of benzene rings is 2. The maximum atomic E-state index is 9.05. The third-order valence-electron chi connectivity index (χ3n) is 2.79. The molecule has 0 aliphatic carbocycles. The topological polar surface area (TPSA) is 23.5 Å². The molecule has 3 heteroatoms. The molecule has 0 saturated carbocycles. The fraction of sp³-hybridized carbons (Fsp3) is 0.250. The van der Waals surface area contributed by atoms with Crippen LogP contribution in [-0.4, -0.2) is 24.1 Å². The molecule has 0 aliphatic heterocycles. The molecule has 0 fully saturated rings. The molecule has 0 aromatic heterocycles. The number of nitrogens with zero attached hydrogens (tertiary/aromatic N) is 1. The minimum absolute atomic E-state index is 0.0994. The van der Waals surface area contributed by atoms with Crippen LogP contribution in [0.15, 0.2) is 58.3 Å². The first-order valence-electron chi connectivity index (χ1n) is 6.29. The van der Waals surface area contributed by atoms with Gasteiger partial charge in [-0.2, -0.15) is 0 Å². The van der Waals surface area contributed by atoms with Gasteiger partial charge in [0.15, 0.2) is 0 Å². The van der Waals surface area contributed by atoms with Gasteiger partial charge in [-0.25, -0.2) is 0 Å². The number of rotatable bonds is 5. The molecular weight excluding hydrogens is 254 g/mol. The summed E-state index contributed by atoms with van der Waals surface area (Å²) in [7, 11) is 4.16. The Morgan fingerprint density at radius 3 is 2.32 bits per heavy atom. The average Bonchev–Trinajstić information content (AvgIpc) is 2.41. The van der Waals surface area contributed by atoms with Crippen molar-refractivity contribution in [1.29, 1.82) is 0 Å². The molecule has 0 unspecified atom stereocenters. The van der Waals surface area contributed by atoms with Crippen molar-refractivity contribution in [3.63, 3.8) is 0 Å². The summed E-state index contributed by atoms with van der Waals surface area (Å²) in [6.07, 6.45) is 0. The number of hydrogen-bond acceptors (Lipinski definition) is 3. The van der Waals surface area contributed by atoms with Crippen molar-refractivity contribution in [3.05, 3.63) is 59.7 Å². The van der Waals surface area contributed by atoms with Gasteiger partial charge < -0.3 is 10.0 Å². The van der Waals surface area contributed by atoms with E-state index in [1.165, 1.54) is 15.4 Å². The second-order valence-electron chi connectivity index (χ2n) is 4.75. The SMILES string of the molecule is CN(C)Cc1ccccc1Sc1ccc(CO)cc1. The maximum Gasteiger partial charge on any atom is 0.0681 e. The van der Waals surface area contributed by atoms with Gasteiger partial charge in [-0.15, -0.1) is 0 Å². The zero-order chi connectivity index (χ0) is 13.7. The summed E-state index contributed by atoms with van der Waals surface area (Å²) in [5.74, 6) is 0. The molecule has 0 saturated heterocycles. The first-order chi connectivity index (χ1) is 9.19. The van der Waals surface area contributed by atoms with E-state index in [2.05, 4.69) is 55.4 Å². The van der Waals surface area contributed by atoms with Crippen LogP contribution in [0.4, 0.5) is 0 Å². The number of hydrogen-bond donors (Lipinski definition) is 1. The van der Waals surface area contributed by atoms with E-state index in [9.17, 15) is 0 Å². The van der Waals surface area contributed by atoms with E-state index >= 15 is 0 Å². The molecule has 0 aliphatic rings. The predicted molar refractivity (Wildman–Crippen MR) is 80.3 cm³/mol. The Morgan fingerprint density at radius 2 is 1.68 bits per heavy atom. The van der Waals surface area contributed by atoms with Crippen LogP contribution in [0.25, 0.3) is 0 Å². The molecule has 2 aromatic rings. The Hall–Kier alpha value is -1.29. The third-order valence-corrected chi connectivity index (χ3v) is 3.92. The largest absolute Gasteiger partial charge is 0.392 e. The fourth-order valence-electron chi connectivity index (χ4n) is 1.86. The van der Waals surface area contributed by atoms with Crippen LogP contribution in [0.2, 0.25) is 0 Å². The van der Waals surface area contributed by atoms with Crippen LogP contribution in [0, 0.1) is 0 Å². The van der Waals surface area contributed by atoms with Crippen LogP contribution in [-0.2, 0) is 13.2 Å². The van der Waals surface area contributed by atoms with E-state index in [0.29, 0.717) is 0 Å².